The Bertz CT molecular complexity index is 1350. The topological polar surface area (TPSA) is 127 Å². The number of hydrogen-bond acceptors (Lipinski definition) is 7. The van der Waals surface area contributed by atoms with Crippen molar-refractivity contribution in [2.45, 2.75) is 13.8 Å². The van der Waals surface area contributed by atoms with Gasteiger partial charge in [0.05, 0.1) is 25.1 Å². The molecule has 0 fully saturated rings. The quantitative estimate of drug-likeness (QED) is 0.170. The molecule has 0 saturated heterocycles. The molecule has 0 aliphatic rings. The fourth-order valence-corrected chi connectivity index (χ4v) is 3.73. The first-order valence-electron chi connectivity index (χ1n) is 11.8. The summed E-state index contributed by atoms with van der Waals surface area (Å²) in [5.74, 6) is -1.17. The van der Waals surface area contributed by atoms with Gasteiger partial charge in [0.25, 0.3) is 5.91 Å². The van der Waals surface area contributed by atoms with E-state index in [2.05, 4.69) is 21.2 Å². The predicted octanol–water partition coefficient (Wildman–Crippen LogP) is 4.90. The summed E-state index contributed by atoms with van der Waals surface area (Å²) in [5, 5.41) is 9.75. The molecular formula is C27H26Cl2N4O6. The number of nitrogens with one attached hydrogen (secondary N) is 3. The number of anilines is 2. The molecule has 0 atom stereocenters. The van der Waals surface area contributed by atoms with Gasteiger partial charge in [-0.25, -0.2) is 5.43 Å². The van der Waals surface area contributed by atoms with Crippen molar-refractivity contribution in [3.63, 3.8) is 0 Å². The van der Waals surface area contributed by atoms with E-state index in [0.29, 0.717) is 57.4 Å². The van der Waals surface area contributed by atoms with Gasteiger partial charge in [0.15, 0.2) is 18.1 Å². The molecule has 3 aromatic carbocycles. The Balaban J connectivity index is 1.57. The highest BCUT2D eigenvalue weighted by molar-refractivity contribution is 6.39. The molecule has 0 aliphatic heterocycles. The fraction of sp³-hybridized carbons (Fsp3) is 0.185. The van der Waals surface area contributed by atoms with Crippen LogP contribution in [-0.4, -0.2) is 43.8 Å². The Morgan fingerprint density at radius 2 is 1.49 bits per heavy atom. The van der Waals surface area contributed by atoms with Gasteiger partial charge in [0.1, 0.15) is 5.75 Å². The Morgan fingerprint density at radius 1 is 0.795 bits per heavy atom. The molecule has 3 amide bonds. The number of nitrogens with zero attached hydrogens (tertiary/aromatic N) is 1. The third-order valence-corrected chi connectivity index (χ3v) is 5.23. The maximum absolute atomic E-state index is 12.3. The van der Waals surface area contributed by atoms with E-state index in [9.17, 15) is 14.4 Å². The van der Waals surface area contributed by atoms with Crippen LogP contribution < -0.4 is 30.3 Å². The van der Waals surface area contributed by atoms with Gasteiger partial charge in [-0.3, -0.25) is 14.4 Å². The van der Waals surface area contributed by atoms with Gasteiger partial charge < -0.3 is 24.8 Å². The number of hydrogen-bond donors (Lipinski definition) is 3. The van der Waals surface area contributed by atoms with Crippen LogP contribution in [-0.2, 0) is 14.4 Å². The Kier molecular flexibility index (Phi) is 11.0. The molecule has 204 valence electrons. The van der Waals surface area contributed by atoms with Gasteiger partial charge in [0, 0.05) is 15.7 Å². The first-order valence-corrected chi connectivity index (χ1v) is 12.6. The van der Waals surface area contributed by atoms with E-state index < -0.39 is 17.7 Å². The molecule has 0 saturated carbocycles. The van der Waals surface area contributed by atoms with Gasteiger partial charge >= 0.3 is 11.8 Å². The van der Waals surface area contributed by atoms with Crippen LogP contribution in [0.1, 0.15) is 19.4 Å². The van der Waals surface area contributed by atoms with Crippen molar-refractivity contribution in [2.75, 3.05) is 30.5 Å². The second-order valence-corrected chi connectivity index (χ2v) is 8.59. The summed E-state index contributed by atoms with van der Waals surface area (Å²) in [4.78, 5) is 36.7. The third kappa shape index (κ3) is 9.20. The molecule has 0 aliphatic carbocycles. The number of amides is 3. The summed E-state index contributed by atoms with van der Waals surface area (Å²) in [6, 6.07) is 16.3. The Hall–Kier alpha value is -4.28. The standard InChI is InChI=1S/C27H26Cl2N4O6/c1-3-37-22-8-6-5-7-21(22)32-26(35)27(36)33-30-15-17-9-10-23(24(11-17)38-4-2)39-16-25(34)31-20-13-18(28)12-19(29)14-20/h5-15H,3-4,16H2,1-2H3,(H,31,34)(H,32,35)(H,33,36)/b30-15-. The average molecular weight is 573 g/mol. The second-order valence-electron chi connectivity index (χ2n) is 7.72. The SMILES string of the molecule is CCOc1ccccc1NC(=O)C(=O)N/N=C\c1ccc(OCC(=O)Nc2cc(Cl)cc(Cl)c2)c(OCC)c1. The number of ether oxygens (including phenoxy) is 3. The lowest BCUT2D eigenvalue weighted by atomic mass is 10.2. The summed E-state index contributed by atoms with van der Waals surface area (Å²) in [6.45, 7) is 4.05. The normalized spacial score (nSPS) is 10.6. The summed E-state index contributed by atoms with van der Waals surface area (Å²) < 4.78 is 16.7. The number of hydrazone groups is 1. The second kappa shape index (κ2) is 14.6. The number of halogens is 2. The summed E-state index contributed by atoms with van der Waals surface area (Å²) in [7, 11) is 0. The van der Waals surface area contributed by atoms with Crippen molar-refractivity contribution >= 4 is 58.5 Å². The van der Waals surface area contributed by atoms with Crippen molar-refractivity contribution in [3.05, 3.63) is 76.3 Å². The minimum atomic E-state index is -0.963. The van der Waals surface area contributed by atoms with Crippen LogP contribution in [0.5, 0.6) is 17.2 Å². The van der Waals surface area contributed by atoms with Crippen LogP contribution in [0.4, 0.5) is 11.4 Å². The van der Waals surface area contributed by atoms with E-state index in [1.54, 1.807) is 67.6 Å². The lowest BCUT2D eigenvalue weighted by molar-refractivity contribution is -0.136. The Labute approximate surface area is 235 Å². The van der Waals surface area contributed by atoms with Gasteiger partial charge in [-0.2, -0.15) is 5.10 Å². The molecule has 12 heteroatoms. The zero-order valence-corrected chi connectivity index (χ0v) is 22.6. The highest BCUT2D eigenvalue weighted by atomic mass is 35.5. The van der Waals surface area contributed by atoms with Crippen molar-refractivity contribution < 1.29 is 28.6 Å². The first kappa shape index (κ1) is 29.3. The van der Waals surface area contributed by atoms with Crippen LogP contribution in [0.2, 0.25) is 10.0 Å². The number of rotatable bonds is 11. The minimum absolute atomic E-state index is 0.296. The largest absolute Gasteiger partial charge is 0.492 e. The zero-order chi connectivity index (χ0) is 28.2. The number of para-hydroxylation sites is 2. The molecule has 0 aromatic heterocycles. The van der Waals surface area contributed by atoms with Crippen LogP contribution in [0.15, 0.2) is 65.8 Å². The van der Waals surface area contributed by atoms with Crippen LogP contribution in [0.3, 0.4) is 0 Å². The highest BCUT2D eigenvalue weighted by Crippen LogP contribution is 2.28. The molecule has 0 spiro atoms. The van der Waals surface area contributed by atoms with E-state index in [1.807, 2.05) is 6.92 Å². The van der Waals surface area contributed by atoms with Crippen molar-refractivity contribution in [1.82, 2.24) is 5.43 Å². The van der Waals surface area contributed by atoms with Crippen LogP contribution >= 0.6 is 23.2 Å². The van der Waals surface area contributed by atoms with Crippen molar-refractivity contribution in [2.24, 2.45) is 5.10 Å². The van der Waals surface area contributed by atoms with E-state index >= 15 is 0 Å². The Morgan fingerprint density at radius 3 is 2.21 bits per heavy atom. The zero-order valence-electron chi connectivity index (χ0n) is 21.1. The van der Waals surface area contributed by atoms with E-state index in [4.69, 9.17) is 37.4 Å². The molecule has 3 N–H and O–H groups in total. The number of benzene rings is 3. The van der Waals surface area contributed by atoms with Gasteiger partial charge in [-0.15, -0.1) is 0 Å². The molecule has 0 bridgehead atoms. The molecule has 0 unspecified atom stereocenters. The summed E-state index contributed by atoms with van der Waals surface area (Å²) in [5.41, 5.74) is 3.52. The maximum Gasteiger partial charge on any atom is 0.329 e. The molecule has 0 radical (unpaired) electrons. The molecule has 39 heavy (non-hydrogen) atoms. The van der Waals surface area contributed by atoms with Crippen molar-refractivity contribution in [3.8, 4) is 17.2 Å². The van der Waals surface area contributed by atoms with E-state index in [-0.39, 0.29) is 6.61 Å². The highest BCUT2D eigenvalue weighted by Gasteiger charge is 2.15. The first-order chi connectivity index (χ1) is 18.8. The van der Waals surface area contributed by atoms with Crippen LogP contribution in [0, 0.1) is 0 Å². The molecular weight excluding hydrogens is 547 g/mol. The molecule has 3 aromatic rings. The average Bonchev–Trinajstić information content (AvgIpc) is 2.89. The molecule has 10 nitrogen and oxygen atoms in total. The van der Waals surface area contributed by atoms with Gasteiger partial charge in [0.2, 0.25) is 0 Å². The number of carbonyl (C=O) groups is 3. The van der Waals surface area contributed by atoms with E-state index in [0.717, 1.165) is 0 Å². The summed E-state index contributed by atoms with van der Waals surface area (Å²) >= 11 is 11.9. The predicted molar refractivity (Wildman–Crippen MR) is 150 cm³/mol. The monoisotopic (exact) mass is 572 g/mol. The van der Waals surface area contributed by atoms with Gasteiger partial charge in [-0.1, -0.05) is 35.3 Å². The lowest BCUT2D eigenvalue weighted by Crippen LogP contribution is -2.32. The summed E-state index contributed by atoms with van der Waals surface area (Å²) in [6.07, 6.45) is 1.33. The minimum Gasteiger partial charge on any atom is -0.492 e. The molecule has 0 heterocycles. The smallest absolute Gasteiger partial charge is 0.329 e. The van der Waals surface area contributed by atoms with E-state index in [1.165, 1.54) is 6.21 Å². The van der Waals surface area contributed by atoms with Crippen LogP contribution in [0.25, 0.3) is 0 Å². The number of carbonyl (C=O) groups excluding carboxylic acids is 3. The third-order valence-electron chi connectivity index (χ3n) is 4.79. The van der Waals surface area contributed by atoms with Gasteiger partial charge in [-0.05, 0) is 67.9 Å². The lowest BCUT2D eigenvalue weighted by Gasteiger charge is -2.13. The van der Waals surface area contributed by atoms with Crippen molar-refractivity contribution in [1.29, 1.82) is 0 Å². The molecule has 3 rings (SSSR count). The maximum atomic E-state index is 12.3. The fourth-order valence-electron chi connectivity index (χ4n) is 3.21.